The van der Waals surface area contributed by atoms with Crippen molar-refractivity contribution in [2.75, 3.05) is 0 Å². The van der Waals surface area contributed by atoms with E-state index in [1.807, 2.05) is 0 Å². The van der Waals surface area contributed by atoms with E-state index in [1.54, 1.807) is 17.4 Å². The zero-order chi connectivity index (χ0) is 30.1. The molecule has 0 aliphatic rings. The third-order valence-electron chi connectivity index (χ3n) is 9.81. The van der Waals surface area contributed by atoms with Crippen LogP contribution in [0.25, 0.3) is 51.6 Å². The number of benzene rings is 4. The number of fused-ring (bicyclic) bond motifs is 9. The molecule has 0 amide bonds. The molecule has 4 aromatic carbocycles. The Balaban J connectivity index is 1.16. The summed E-state index contributed by atoms with van der Waals surface area (Å²) in [6.45, 7) is 4.61. The molecule has 0 nitrogen and oxygen atoms in total. The molecule has 0 unspecified atom stereocenters. The summed E-state index contributed by atoms with van der Waals surface area (Å²) < 4.78 is 6.66. The summed E-state index contributed by atoms with van der Waals surface area (Å²) >= 11 is 0.946. The molecule has 0 N–H and O–H groups in total. The van der Waals surface area contributed by atoms with E-state index >= 15 is 0 Å². The number of unbranched alkanes of at least 4 members (excludes halogenated alkanes) is 14. The molecule has 2 heterocycles. The Labute approximate surface area is 278 Å². The van der Waals surface area contributed by atoms with Crippen LogP contribution in [0.1, 0.15) is 125 Å². The fourth-order valence-corrected chi connectivity index (χ4v) is 12.4. The van der Waals surface area contributed by atoms with Gasteiger partial charge in [-0.3, -0.25) is 0 Å². The Hall–Kier alpha value is -1.82. The van der Waals surface area contributed by atoms with Crippen molar-refractivity contribution >= 4 is 80.6 Å². The first kappa shape index (κ1) is 32.1. The standard InChI is InChI=1S/C42H52Se2/c1-3-5-7-9-11-13-15-17-19-33-29-31-21-23-37-35-26-28-40-38(36(35)25-27-39(37)41(31)43-33)24-22-32-30-34(44-42(32)40)20-18-16-14-12-10-8-6-4-2/h21-30H,3-20H2,1-2H3. The Bertz CT molecular complexity index is 1670. The second-order valence-electron chi connectivity index (χ2n) is 13.3. The van der Waals surface area contributed by atoms with E-state index in [-0.39, 0.29) is 0 Å². The zero-order valence-electron chi connectivity index (χ0n) is 27.3. The van der Waals surface area contributed by atoms with Crippen molar-refractivity contribution in [1.82, 2.24) is 0 Å². The van der Waals surface area contributed by atoms with Crippen LogP contribution in [0.3, 0.4) is 0 Å². The summed E-state index contributed by atoms with van der Waals surface area (Å²) in [6.07, 6.45) is 25.0. The number of rotatable bonds is 18. The molecule has 0 bridgehead atoms. The second-order valence-corrected chi connectivity index (χ2v) is 18.0. The summed E-state index contributed by atoms with van der Waals surface area (Å²) in [7, 11) is 0. The fourth-order valence-electron chi connectivity index (χ4n) is 7.25. The summed E-state index contributed by atoms with van der Waals surface area (Å²) in [6, 6.07) is 24.5. The van der Waals surface area contributed by atoms with E-state index in [0.29, 0.717) is 29.0 Å². The van der Waals surface area contributed by atoms with Crippen molar-refractivity contribution < 1.29 is 0 Å². The molecule has 0 aliphatic carbocycles. The minimum absolute atomic E-state index is 0.473. The van der Waals surface area contributed by atoms with Crippen LogP contribution >= 0.6 is 0 Å². The molecule has 44 heavy (non-hydrogen) atoms. The van der Waals surface area contributed by atoms with Gasteiger partial charge >= 0.3 is 280 Å². The van der Waals surface area contributed by atoms with E-state index in [0.717, 1.165) is 0 Å². The summed E-state index contributed by atoms with van der Waals surface area (Å²) in [4.78, 5) is 0. The van der Waals surface area contributed by atoms with Crippen LogP contribution in [0.4, 0.5) is 0 Å². The van der Waals surface area contributed by atoms with Gasteiger partial charge in [0.1, 0.15) is 0 Å². The van der Waals surface area contributed by atoms with Crippen molar-refractivity contribution in [3.05, 3.63) is 69.5 Å². The predicted octanol–water partition coefficient (Wildman–Crippen LogP) is 12.9. The first-order chi connectivity index (χ1) is 21.8. The number of hydrogen-bond acceptors (Lipinski definition) is 0. The number of aryl methyl sites for hydroxylation is 2. The molecule has 2 aromatic heterocycles. The SMILES string of the molecule is CCCCCCCCCCc1cc2ccc3c4ccc5c(ccc6cc(CCCCCCCCCC)[se]c65)c4ccc3c2[se]1. The van der Waals surface area contributed by atoms with Gasteiger partial charge in [0.25, 0.3) is 0 Å². The van der Waals surface area contributed by atoms with E-state index in [4.69, 9.17) is 0 Å². The molecule has 0 saturated carbocycles. The van der Waals surface area contributed by atoms with Crippen molar-refractivity contribution in [2.24, 2.45) is 0 Å². The Morgan fingerprint density at radius 3 is 1.09 bits per heavy atom. The number of hydrogen-bond donors (Lipinski definition) is 0. The van der Waals surface area contributed by atoms with Gasteiger partial charge in [-0.05, 0) is 0 Å². The van der Waals surface area contributed by atoms with Crippen molar-refractivity contribution in [3.63, 3.8) is 0 Å². The average molecular weight is 715 g/mol. The van der Waals surface area contributed by atoms with Gasteiger partial charge in [-0.1, -0.05) is 0 Å². The summed E-state index contributed by atoms with van der Waals surface area (Å²) in [5.41, 5.74) is 0. The maximum atomic E-state index is 2.53. The average Bonchev–Trinajstić information content (AvgIpc) is 3.67. The molecule has 6 aromatic rings. The van der Waals surface area contributed by atoms with Gasteiger partial charge in [0.05, 0.1) is 0 Å². The van der Waals surface area contributed by atoms with Crippen LogP contribution in [-0.4, -0.2) is 29.0 Å². The van der Waals surface area contributed by atoms with Crippen molar-refractivity contribution in [2.45, 2.75) is 129 Å². The van der Waals surface area contributed by atoms with Crippen molar-refractivity contribution in [3.8, 4) is 0 Å². The summed E-state index contributed by atoms with van der Waals surface area (Å²) in [5.74, 6) is 0. The Kier molecular flexibility index (Phi) is 11.8. The third-order valence-corrected chi connectivity index (χ3v) is 15.0. The maximum absolute atomic E-state index is 2.53. The normalized spacial score (nSPS) is 12.1. The van der Waals surface area contributed by atoms with E-state index in [1.165, 1.54) is 159 Å². The molecule has 0 spiro atoms. The van der Waals surface area contributed by atoms with Gasteiger partial charge < -0.3 is 0 Å². The first-order valence-corrected chi connectivity index (χ1v) is 21.4. The molecular weight excluding hydrogens is 662 g/mol. The molecule has 0 atom stereocenters. The fraction of sp³-hybridized carbons (Fsp3) is 0.476. The molecule has 0 aliphatic heterocycles. The predicted molar refractivity (Wildman–Crippen MR) is 200 cm³/mol. The molecule has 6 rings (SSSR count). The minimum atomic E-state index is 0.473. The van der Waals surface area contributed by atoms with Gasteiger partial charge in [0, 0.05) is 0 Å². The topological polar surface area (TPSA) is 0 Å². The Morgan fingerprint density at radius 1 is 0.364 bits per heavy atom. The third kappa shape index (κ3) is 7.58. The van der Waals surface area contributed by atoms with E-state index in [9.17, 15) is 0 Å². The molecule has 2 heteroatoms. The molecule has 232 valence electrons. The van der Waals surface area contributed by atoms with Gasteiger partial charge in [0.15, 0.2) is 0 Å². The first-order valence-electron chi connectivity index (χ1n) is 18.0. The molecular formula is C42H52Se2. The monoisotopic (exact) mass is 716 g/mol. The van der Waals surface area contributed by atoms with E-state index < -0.39 is 0 Å². The molecule has 0 radical (unpaired) electrons. The van der Waals surface area contributed by atoms with Crippen LogP contribution in [-0.2, 0) is 12.8 Å². The quantitative estimate of drug-likeness (QED) is 0.0472. The van der Waals surface area contributed by atoms with Crippen LogP contribution < -0.4 is 0 Å². The van der Waals surface area contributed by atoms with Crippen LogP contribution in [0, 0.1) is 0 Å². The zero-order valence-corrected chi connectivity index (χ0v) is 30.7. The van der Waals surface area contributed by atoms with Gasteiger partial charge in [0.2, 0.25) is 0 Å². The van der Waals surface area contributed by atoms with Crippen LogP contribution in [0.2, 0.25) is 0 Å². The second kappa shape index (κ2) is 16.1. The van der Waals surface area contributed by atoms with Gasteiger partial charge in [-0.25, -0.2) is 0 Å². The van der Waals surface area contributed by atoms with E-state index in [2.05, 4.69) is 74.5 Å². The van der Waals surface area contributed by atoms with Gasteiger partial charge in [-0.15, -0.1) is 0 Å². The molecule has 0 saturated heterocycles. The molecule has 0 fully saturated rings. The van der Waals surface area contributed by atoms with Crippen LogP contribution in [0.15, 0.2) is 60.7 Å². The van der Waals surface area contributed by atoms with Gasteiger partial charge in [-0.2, -0.15) is 0 Å². The van der Waals surface area contributed by atoms with Crippen molar-refractivity contribution in [1.29, 1.82) is 0 Å². The van der Waals surface area contributed by atoms with Crippen LogP contribution in [0.5, 0.6) is 0 Å². The summed E-state index contributed by atoms with van der Waals surface area (Å²) in [5, 5.41) is 11.7. The Morgan fingerprint density at radius 2 is 0.682 bits per heavy atom.